The fourth-order valence-corrected chi connectivity index (χ4v) is 13.4. The summed E-state index contributed by atoms with van der Waals surface area (Å²) in [5.74, 6) is -2.99. The van der Waals surface area contributed by atoms with Crippen molar-refractivity contribution in [2.45, 2.75) is 173 Å². The number of halogens is 2. The van der Waals surface area contributed by atoms with Crippen LogP contribution < -0.4 is 16.0 Å². The predicted octanol–water partition coefficient (Wildman–Crippen LogP) is 9.94. The summed E-state index contributed by atoms with van der Waals surface area (Å²) in [5.41, 5.74) is 4.29. The maximum atomic E-state index is 15.5. The first-order valence-electron chi connectivity index (χ1n) is 32.5. The second kappa shape index (κ2) is 32.9. The fourth-order valence-electron chi connectivity index (χ4n) is 13.4. The molecule has 8 atom stereocenters. The van der Waals surface area contributed by atoms with E-state index in [1.165, 1.54) is 0 Å². The Balaban J connectivity index is 0.876. The van der Waals surface area contributed by atoms with Crippen molar-refractivity contribution < 1.29 is 47.1 Å². The molecule has 17 heteroatoms. The first-order valence-corrected chi connectivity index (χ1v) is 32.5. The Morgan fingerprint density at radius 1 is 0.591 bits per heavy atom. The Bertz CT molecular complexity index is 2760. The standard InChI is InChI=1S/C71H93F2N7O8/c1-5-48(2)68(85)76-67(56-24-16-9-17-25-56)71(88)80-45-59(73)41-61(80)46-77(38-36-50-18-10-6-11-19-50)65(83)35-34-63(81)55-30-26-52(27-31-55)53-28-32-57(33-29-53)69(86)75-43-66(84)78(39-37-51-20-12-7-13-21-51)47-60-40-58(72)44-79(60)70(87)62(42-64(82)49(3)74-4)54-22-14-8-15-23-54/h6-7,10-13,18-21,26-33,48-49,54,56,58-62,67,74H,5,8-9,14-17,22-25,34-47H2,1-4H3,(H,75,86)(H,76,85)/t48-,49+,58-,59-,60+,61+,62+,67+/m1/s1. The van der Waals surface area contributed by atoms with Gasteiger partial charge in [-0.15, -0.1) is 0 Å². The molecule has 0 aromatic heterocycles. The van der Waals surface area contributed by atoms with E-state index in [9.17, 15) is 38.4 Å². The number of alkyl halides is 2. The highest BCUT2D eigenvalue weighted by atomic mass is 19.1. The van der Waals surface area contributed by atoms with Gasteiger partial charge in [0.2, 0.25) is 29.5 Å². The summed E-state index contributed by atoms with van der Waals surface area (Å²) in [6, 6.07) is 30.9. The Kier molecular flexibility index (Phi) is 25.0. The first kappa shape index (κ1) is 66.8. The minimum Gasteiger partial charge on any atom is -0.344 e. The molecular formula is C71H93F2N7O8. The molecule has 2 aliphatic carbocycles. The summed E-state index contributed by atoms with van der Waals surface area (Å²) >= 11 is 0. The van der Waals surface area contributed by atoms with Gasteiger partial charge in [0.15, 0.2) is 5.78 Å². The fraction of sp³-hybridized carbons (Fsp3) is 0.549. The lowest BCUT2D eigenvalue weighted by molar-refractivity contribution is -0.143. The summed E-state index contributed by atoms with van der Waals surface area (Å²) in [6.07, 6.45) is 8.42. The number of carbonyl (C=O) groups excluding carboxylic acids is 8. The average molecular weight is 1210 g/mol. The molecule has 0 radical (unpaired) electrons. The number of amides is 6. The van der Waals surface area contributed by atoms with E-state index < -0.39 is 48.3 Å². The molecule has 4 aromatic carbocycles. The van der Waals surface area contributed by atoms with Gasteiger partial charge < -0.3 is 35.6 Å². The molecule has 4 aromatic rings. The minimum atomic E-state index is -1.28. The van der Waals surface area contributed by atoms with Crippen molar-refractivity contribution in [1.29, 1.82) is 0 Å². The van der Waals surface area contributed by atoms with Crippen molar-refractivity contribution in [2.75, 3.05) is 52.9 Å². The van der Waals surface area contributed by atoms with Crippen LogP contribution >= 0.6 is 0 Å². The molecule has 6 amide bonds. The smallest absolute Gasteiger partial charge is 0.251 e. The molecule has 474 valence electrons. The summed E-state index contributed by atoms with van der Waals surface area (Å²) in [4.78, 5) is 118. The number of nitrogens with zero attached hydrogens (tertiary/aromatic N) is 4. The van der Waals surface area contributed by atoms with Gasteiger partial charge >= 0.3 is 0 Å². The number of benzene rings is 4. The van der Waals surface area contributed by atoms with Crippen molar-refractivity contribution in [3.63, 3.8) is 0 Å². The Hall–Kier alpha value is -7.14. The number of nitrogens with one attached hydrogen (secondary N) is 3. The Morgan fingerprint density at radius 3 is 1.59 bits per heavy atom. The molecule has 0 bridgehead atoms. The van der Waals surface area contributed by atoms with Crippen molar-refractivity contribution in [3.05, 3.63) is 131 Å². The Morgan fingerprint density at radius 2 is 1.08 bits per heavy atom. The van der Waals surface area contributed by atoms with E-state index >= 15 is 8.78 Å². The monoisotopic (exact) mass is 1210 g/mol. The maximum Gasteiger partial charge on any atom is 0.251 e. The molecule has 2 heterocycles. The summed E-state index contributed by atoms with van der Waals surface area (Å²) in [6.45, 7) is 5.77. The van der Waals surface area contributed by atoms with E-state index in [-0.39, 0.29) is 130 Å². The predicted molar refractivity (Wildman–Crippen MR) is 337 cm³/mol. The van der Waals surface area contributed by atoms with Crippen LogP contribution in [-0.4, -0.2) is 156 Å². The normalized spacial score (nSPS) is 20.3. The molecular weight excluding hydrogens is 1120 g/mol. The maximum absolute atomic E-state index is 15.5. The van der Waals surface area contributed by atoms with Crippen molar-refractivity contribution >= 4 is 47.0 Å². The molecule has 8 rings (SSSR count). The summed E-state index contributed by atoms with van der Waals surface area (Å²) < 4.78 is 31.0. The van der Waals surface area contributed by atoms with Gasteiger partial charge in [0.1, 0.15) is 24.2 Å². The number of likely N-dealkylation sites (N-methyl/N-ethyl adjacent to an activating group) is 1. The average Bonchev–Trinajstić information content (AvgIpc) is 4.20. The van der Waals surface area contributed by atoms with Gasteiger partial charge in [-0.05, 0) is 105 Å². The van der Waals surface area contributed by atoms with E-state index in [4.69, 9.17) is 0 Å². The number of rotatable bonds is 29. The molecule has 2 saturated heterocycles. The largest absolute Gasteiger partial charge is 0.344 e. The molecule has 3 N–H and O–H groups in total. The van der Waals surface area contributed by atoms with Crippen LogP contribution in [0.2, 0.25) is 0 Å². The van der Waals surface area contributed by atoms with E-state index in [0.29, 0.717) is 36.9 Å². The SMILES string of the molecule is CC[C@@H](C)C(=O)N[C@H](C(=O)N1C[C@H](F)C[C@H]1CN(CCc1ccccc1)C(=O)CCC(=O)c1ccc(-c2ccc(C(=O)NCC(=O)N(CCc3ccccc3)C[C@@H]3C[C@@H](F)CN3C(=O)[C@@H](CC(=O)[C@H](C)NC)C3CCCCC3)cc2)cc1)C1CCCCC1. The van der Waals surface area contributed by atoms with Crippen LogP contribution in [0.3, 0.4) is 0 Å². The second-order valence-corrected chi connectivity index (χ2v) is 25.2. The van der Waals surface area contributed by atoms with Gasteiger partial charge in [-0.3, -0.25) is 38.4 Å². The molecule has 4 fully saturated rings. The van der Waals surface area contributed by atoms with Crippen LogP contribution in [0.5, 0.6) is 0 Å². The number of hydrogen-bond donors (Lipinski definition) is 3. The summed E-state index contributed by atoms with van der Waals surface area (Å²) in [5, 5.41) is 8.84. The molecule has 0 spiro atoms. The van der Waals surface area contributed by atoms with Gasteiger partial charge in [-0.1, -0.05) is 149 Å². The van der Waals surface area contributed by atoms with E-state index in [1.54, 1.807) is 82.1 Å². The number of ketones is 2. The van der Waals surface area contributed by atoms with Crippen LogP contribution in [0.15, 0.2) is 109 Å². The van der Waals surface area contributed by atoms with E-state index in [2.05, 4.69) is 16.0 Å². The zero-order valence-corrected chi connectivity index (χ0v) is 52.2. The number of hydrogen-bond acceptors (Lipinski definition) is 9. The zero-order valence-electron chi connectivity index (χ0n) is 52.2. The van der Waals surface area contributed by atoms with Crippen LogP contribution in [-0.2, 0) is 41.6 Å². The highest BCUT2D eigenvalue weighted by Crippen LogP contribution is 2.36. The van der Waals surface area contributed by atoms with E-state index in [1.807, 2.05) is 74.5 Å². The highest BCUT2D eigenvalue weighted by Gasteiger charge is 2.44. The topological polar surface area (TPSA) is 186 Å². The lowest BCUT2D eigenvalue weighted by Gasteiger charge is -2.36. The van der Waals surface area contributed by atoms with Gasteiger partial charge in [0, 0.05) is 81.2 Å². The van der Waals surface area contributed by atoms with Gasteiger partial charge in [-0.25, -0.2) is 8.78 Å². The molecule has 88 heavy (non-hydrogen) atoms. The molecule has 15 nitrogen and oxygen atoms in total. The van der Waals surface area contributed by atoms with Crippen molar-refractivity contribution in [1.82, 2.24) is 35.6 Å². The van der Waals surface area contributed by atoms with Gasteiger partial charge in [0.05, 0.1) is 37.8 Å². The molecule has 4 aliphatic rings. The van der Waals surface area contributed by atoms with Crippen molar-refractivity contribution in [2.24, 2.45) is 23.7 Å². The Labute approximate surface area is 519 Å². The number of carbonyl (C=O) groups is 8. The third kappa shape index (κ3) is 18.5. The summed E-state index contributed by atoms with van der Waals surface area (Å²) in [7, 11) is 1.71. The van der Waals surface area contributed by atoms with E-state index in [0.717, 1.165) is 86.5 Å². The third-order valence-electron chi connectivity index (χ3n) is 19.2. The highest BCUT2D eigenvalue weighted by molar-refractivity contribution is 5.99. The third-order valence-corrected chi connectivity index (χ3v) is 19.2. The molecule has 0 unspecified atom stereocenters. The van der Waals surface area contributed by atoms with Gasteiger partial charge in [0.25, 0.3) is 5.91 Å². The van der Waals surface area contributed by atoms with Crippen LogP contribution in [0.1, 0.15) is 155 Å². The van der Waals surface area contributed by atoms with Gasteiger partial charge in [-0.2, -0.15) is 0 Å². The zero-order chi connectivity index (χ0) is 62.7. The lowest BCUT2D eigenvalue weighted by atomic mass is 9.76. The lowest BCUT2D eigenvalue weighted by Crippen LogP contribution is -2.56. The molecule has 2 saturated carbocycles. The van der Waals surface area contributed by atoms with Crippen molar-refractivity contribution in [3.8, 4) is 11.1 Å². The first-order chi connectivity index (χ1) is 42.5. The minimum absolute atomic E-state index is 0.0238. The number of Topliss-reactive ketones (excluding diaryl/α,β-unsaturated/α-hetero) is 2. The molecule has 2 aliphatic heterocycles. The quantitative estimate of drug-likeness (QED) is 0.0445. The van der Waals surface area contributed by atoms with Crippen LogP contribution in [0, 0.1) is 23.7 Å². The van der Waals surface area contributed by atoms with Crippen LogP contribution in [0.25, 0.3) is 11.1 Å². The van der Waals surface area contributed by atoms with Crippen LogP contribution in [0.4, 0.5) is 8.78 Å². The number of likely N-dealkylation sites (tertiary alicyclic amines) is 2. The second-order valence-electron chi connectivity index (χ2n) is 25.2.